The van der Waals surface area contributed by atoms with Crippen LogP contribution in [0.4, 0.5) is 0 Å². The molecule has 0 radical (unpaired) electrons. The van der Waals surface area contributed by atoms with E-state index in [1.54, 1.807) is 13.3 Å². The number of hydrogen-bond acceptors (Lipinski definition) is 6. The average molecular weight is 393 g/mol. The van der Waals surface area contributed by atoms with Gasteiger partial charge in [0.15, 0.2) is 11.5 Å². The highest BCUT2D eigenvalue weighted by Gasteiger charge is 2.27. The van der Waals surface area contributed by atoms with Crippen LogP contribution in [0, 0.1) is 0 Å². The third-order valence-electron chi connectivity index (χ3n) is 5.24. The Kier molecular flexibility index (Phi) is 6.07. The Morgan fingerprint density at radius 2 is 2.10 bits per heavy atom. The van der Waals surface area contributed by atoms with Gasteiger partial charge in [0.1, 0.15) is 12.4 Å². The van der Waals surface area contributed by atoms with E-state index in [1.165, 1.54) is 5.56 Å². The fourth-order valence-electron chi connectivity index (χ4n) is 3.70. The number of methoxy groups -OCH3 is 1. The number of nitrogens with zero attached hydrogens (tertiary/aromatic N) is 4. The highest BCUT2D eigenvalue weighted by atomic mass is 16.5. The zero-order valence-corrected chi connectivity index (χ0v) is 16.9. The molecular formula is C22H27N5O2. The number of nitrogens with one attached hydrogen (secondary N) is 1. The molecule has 152 valence electrons. The Hall–Kier alpha value is -2.90. The van der Waals surface area contributed by atoms with E-state index in [0.29, 0.717) is 6.61 Å². The Labute approximate surface area is 171 Å². The van der Waals surface area contributed by atoms with Crippen molar-refractivity contribution < 1.29 is 9.47 Å². The fourth-order valence-corrected chi connectivity index (χ4v) is 3.70. The van der Waals surface area contributed by atoms with Crippen molar-refractivity contribution in [3.05, 3.63) is 72.1 Å². The number of hydrogen-bond donors (Lipinski definition) is 1. The molecule has 1 fully saturated rings. The lowest BCUT2D eigenvalue weighted by molar-refractivity contribution is 0.144. The van der Waals surface area contributed by atoms with Gasteiger partial charge in [-0.25, -0.2) is 4.98 Å². The highest BCUT2D eigenvalue weighted by Crippen LogP contribution is 2.31. The molecule has 4 rings (SSSR count). The maximum atomic E-state index is 6.05. The number of imidazole rings is 1. The van der Waals surface area contributed by atoms with E-state index in [0.717, 1.165) is 49.1 Å². The van der Waals surface area contributed by atoms with Crippen LogP contribution in [-0.4, -0.2) is 46.2 Å². The fraction of sp³-hybridized carbons (Fsp3) is 0.364. The first-order valence-corrected chi connectivity index (χ1v) is 9.85. The van der Waals surface area contributed by atoms with Gasteiger partial charge < -0.3 is 19.4 Å². The molecule has 1 aliphatic rings. The summed E-state index contributed by atoms with van der Waals surface area (Å²) < 4.78 is 13.6. The Morgan fingerprint density at radius 3 is 2.86 bits per heavy atom. The van der Waals surface area contributed by atoms with E-state index in [-0.39, 0.29) is 6.04 Å². The van der Waals surface area contributed by atoms with E-state index >= 15 is 0 Å². The zero-order valence-electron chi connectivity index (χ0n) is 16.9. The zero-order chi connectivity index (χ0) is 20.1. The smallest absolute Gasteiger partial charge is 0.161 e. The second-order valence-electron chi connectivity index (χ2n) is 7.22. The predicted molar refractivity (Wildman–Crippen MR) is 111 cm³/mol. The largest absolute Gasteiger partial charge is 0.493 e. The normalized spacial score (nSPS) is 17.2. The van der Waals surface area contributed by atoms with E-state index in [4.69, 9.17) is 9.47 Å². The molecule has 0 amide bonds. The molecule has 1 aliphatic heterocycles. The van der Waals surface area contributed by atoms with Crippen molar-refractivity contribution in [2.45, 2.75) is 19.2 Å². The summed E-state index contributed by atoms with van der Waals surface area (Å²) in [6.07, 6.45) is 7.43. The lowest BCUT2D eigenvalue weighted by atomic mass is 10.1. The van der Waals surface area contributed by atoms with Gasteiger partial charge in [-0.05, 0) is 23.8 Å². The molecule has 0 aliphatic carbocycles. The predicted octanol–water partition coefficient (Wildman–Crippen LogP) is 2.55. The quantitative estimate of drug-likeness (QED) is 0.666. The summed E-state index contributed by atoms with van der Waals surface area (Å²) in [6, 6.07) is 10.3. The van der Waals surface area contributed by atoms with Crippen LogP contribution < -0.4 is 14.8 Å². The number of benzene rings is 1. The topological polar surface area (TPSA) is 64.4 Å². The first-order valence-electron chi connectivity index (χ1n) is 9.85. The van der Waals surface area contributed by atoms with Crippen LogP contribution >= 0.6 is 0 Å². The second-order valence-corrected chi connectivity index (χ2v) is 7.22. The van der Waals surface area contributed by atoms with Crippen LogP contribution in [-0.2, 0) is 20.2 Å². The van der Waals surface area contributed by atoms with Gasteiger partial charge in [0.05, 0.1) is 13.2 Å². The molecule has 1 saturated heterocycles. The van der Waals surface area contributed by atoms with Crippen molar-refractivity contribution in [3.63, 3.8) is 0 Å². The second kappa shape index (κ2) is 9.07. The highest BCUT2D eigenvalue weighted by molar-refractivity contribution is 5.43. The minimum absolute atomic E-state index is 0.241. The Balaban J connectivity index is 1.51. The minimum atomic E-state index is 0.241. The number of piperazine rings is 1. The summed E-state index contributed by atoms with van der Waals surface area (Å²) in [7, 11) is 3.71. The van der Waals surface area contributed by atoms with Crippen LogP contribution in [0.15, 0.2) is 55.1 Å². The number of rotatable bonds is 7. The van der Waals surface area contributed by atoms with Gasteiger partial charge in [-0.2, -0.15) is 0 Å². The van der Waals surface area contributed by atoms with Crippen LogP contribution in [0.3, 0.4) is 0 Å². The average Bonchev–Trinajstić information content (AvgIpc) is 3.19. The third kappa shape index (κ3) is 4.58. The number of aromatic nitrogens is 3. The molecule has 7 heteroatoms. The van der Waals surface area contributed by atoms with Crippen molar-refractivity contribution in [1.82, 2.24) is 24.8 Å². The standard InChI is InChI=1S/C22H27N5O2/c1-26-10-9-25-22(26)19-14-24-8-11-27(19)15-17-5-6-20(28-2)21(12-17)29-16-18-4-3-7-23-13-18/h3-7,9-10,12-13,19,24H,8,11,14-16H2,1-2H3. The van der Waals surface area contributed by atoms with Gasteiger partial charge in [-0.15, -0.1) is 0 Å². The monoisotopic (exact) mass is 393 g/mol. The molecule has 3 heterocycles. The summed E-state index contributed by atoms with van der Waals surface area (Å²) in [5.74, 6) is 2.56. The summed E-state index contributed by atoms with van der Waals surface area (Å²) >= 11 is 0. The Morgan fingerprint density at radius 1 is 1.17 bits per heavy atom. The van der Waals surface area contributed by atoms with Crippen LogP contribution in [0.2, 0.25) is 0 Å². The van der Waals surface area contributed by atoms with Gasteiger partial charge in [0.25, 0.3) is 0 Å². The van der Waals surface area contributed by atoms with Crippen LogP contribution in [0.1, 0.15) is 23.0 Å². The van der Waals surface area contributed by atoms with Crippen LogP contribution in [0.25, 0.3) is 0 Å². The molecule has 1 atom stereocenters. The molecule has 1 N–H and O–H groups in total. The first kappa shape index (κ1) is 19.4. The van der Waals surface area contributed by atoms with Gasteiger partial charge >= 0.3 is 0 Å². The lowest BCUT2D eigenvalue weighted by Gasteiger charge is -2.35. The number of ether oxygens (including phenoxy) is 2. The molecule has 1 aromatic carbocycles. The lowest BCUT2D eigenvalue weighted by Crippen LogP contribution is -2.46. The molecule has 7 nitrogen and oxygen atoms in total. The summed E-state index contributed by atoms with van der Waals surface area (Å²) in [4.78, 5) is 11.2. The summed E-state index contributed by atoms with van der Waals surface area (Å²) in [5.41, 5.74) is 2.21. The van der Waals surface area contributed by atoms with E-state index in [9.17, 15) is 0 Å². The maximum Gasteiger partial charge on any atom is 0.161 e. The van der Waals surface area contributed by atoms with Gasteiger partial charge in [0, 0.05) is 63.6 Å². The summed E-state index contributed by atoms with van der Waals surface area (Å²) in [6.45, 7) is 4.12. The van der Waals surface area contributed by atoms with Gasteiger partial charge in [-0.1, -0.05) is 12.1 Å². The minimum Gasteiger partial charge on any atom is -0.493 e. The van der Waals surface area contributed by atoms with E-state index in [1.807, 2.05) is 43.8 Å². The van der Waals surface area contributed by atoms with Crippen molar-refractivity contribution >= 4 is 0 Å². The first-order chi connectivity index (χ1) is 14.2. The van der Waals surface area contributed by atoms with E-state index < -0.39 is 0 Å². The molecule has 3 aromatic rings. The third-order valence-corrected chi connectivity index (χ3v) is 5.24. The maximum absolute atomic E-state index is 6.05. The molecule has 2 aromatic heterocycles. The molecule has 0 spiro atoms. The molecule has 0 saturated carbocycles. The van der Waals surface area contributed by atoms with Gasteiger partial charge in [0.2, 0.25) is 0 Å². The molecule has 29 heavy (non-hydrogen) atoms. The van der Waals surface area contributed by atoms with Crippen molar-refractivity contribution in [2.24, 2.45) is 7.05 Å². The van der Waals surface area contributed by atoms with Gasteiger partial charge in [-0.3, -0.25) is 9.88 Å². The van der Waals surface area contributed by atoms with Crippen molar-refractivity contribution in [1.29, 1.82) is 0 Å². The van der Waals surface area contributed by atoms with E-state index in [2.05, 4.69) is 36.9 Å². The van der Waals surface area contributed by atoms with Crippen molar-refractivity contribution in [3.8, 4) is 11.5 Å². The Bertz CT molecular complexity index is 928. The molecular weight excluding hydrogens is 366 g/mol. The molecule has 0 bridgehead atoms. The molecule has 1 unspecified atom stereocenters. The number of aryl methyl sites for hydroxylation is 1. The SMILES string of the molecule is COc1ccc(CN2CCNCC2c2nccn2C)cc1OCc1cccnc1. The summed E-state index contributed by atoms with van der Waals surface area (Å²) in [5, 5.41) is 3.49. The number of pyridine rings is 1. The van der Waals surface area contributed by atoms with Crippen molar-refractivity contribution in [2.75, 3.05) is 26.7 Å². The van der Waals surface area contributed by atoms with Crippen LogP contribution in [0.5, 0.6) is 11.5 Å².